The molecule has 1 aromatic carbocycles. The van der Waals surface area contributed by atoms with E-state index in [0.717, 1.165) is 18.4 Å². The monoisotopic (exact) mass is 469 g/mol. The summed E-state index contributed by atoms with van der Waals surface area (Å²) in [5.74, 6) is 1.02. The van der Waals surface area contributed by atoms with Crippen molar-refractivity contribution in [1.82, 2.24) is 24.5 Å². The molecule has 0 radical (unpaired) electrons. The molecule has 1 amide bonds. The summed E-state index contributed by atoms with van der Waals surface area (Å²) in [6, 6.07) is 12.3. The number of hydrogen-bond acceptors (Lipinski definition) is 6. The molecule has 0 spiro atoms. The van der Waals surface area contributed by atoms with E-state index in [2.05, 4.69) is 41.5 Å². The molecule has 4 aromatic rings. The number of rotatable bonds is 9. The van der Waals surface area contributed by atoms with Crippen molar-refractivity contribution in [1.29, 1.82) is 0 Å². The highest BCUT2D eigenvalue weighted by Crippen LogP contribution is 2.24. The van der Waals surface area contributed by atoms with Crippen molar-refractivity contribution < 1.29 is 4.79 Å². The predicted molar refractivity (Wildman–Crippen MR) is 131 cm³/mol. The van der Waals surface area contributed by atoms with E-state index in [-0.39, 0.29) is 23.3 Å². The molecule has 0 bridgehead atoms. The number of aryl methyl sites for hydroxylation is 1. The van der Waals surface area contributed by atoms with Crippen molar-refractivity contribution >= 4 is 45.0 Å². The quantitative estimate of drug-likeness (QED) is 0.375. The molecule has 0 aliphatic rings. The first-order valence-corrected chi connectivity index (χ1v) is 12.6. The van der Waals surface area contributed by atoms with Crippen LogP contribution in [-0.2, 0) is 17.8 Å². The fourth-order valence-electron chi connectivity index (χ4n) is 3.67. The minimum Gasteiger partial charge on any atom is -0.353 e. The normalized spacial score (nSPS) is 12.6. The predicted octanol–water partition coefficient (Wildman–Crippen LogP) is 3.99. The van der Waals surface area contributed by atoms with Gasteiger partial charge >= 0.3 is 0 Å². The first-order chi connectivity index (χ1) is 15.4. The Morgan fingerprint density at radius 2 is 1.94 bits per heavy atom. The summed E-state index contributed by atoms with van der Waals surface area (Å²) < 4.78 is 4.26. The summed E-state index contributed by atoms with van der Waals surface area (Å²) in [6.45, 7) is 6.73. The van der Waals surface area contributed by atoms with Gasteiger partial charge in [-0.25, -0.2) is 0 Å². The van der Waals surface area contributed by atoms with Crippen LogP contribution in [0.4, 0.5) is 0 Å². The van der Waals surface area contributed by atoms with E-state index >= 15 is 0 Å². The number of carbonyl (C=O) groups is 1. The number of hydrogen-bond donors (Lipinski definition) is 1. The molecule has 1 N–H and O–H groups in total. The van der Waals surface area contributed by atoms with Crippen molar-refractivity contribution in [3.63, 3.8) is 0 Å². The molecule has 4 rings (SSSR count). The summed E-state index contributed by atoms with van der Waals surface area (Å²) in [5.41, 5.74) is 2.02. The van der Waals surface area contributed by atoms with Gasteiger partial charge in [-0.1, -0.05) is 55.9 Å². The van der Waals surface area contributed by atoms with Gasteiger partial charge in [0, 0.05) is 12.6 Å². The van der Waals surface area contributed by atoms with E-state index in [4.69, 9.17) is 0 Å². The Bertz CT molecular complexity index is 1280. The molecular weight excluding hydrogens is 442 g/mol. The Balaban J connectivity index is 1.46. The second-order valence-electron chi connectivity index (χ2n) is 8.34. The molecule has 3 aromatic heterocycles. The molecular formula is C23H27N5O2S2. The maximum Gasteiger partial charge on any atom is 0.272 e. The van der Waals surface area contributed by atoms with Gasteiger partial charge in [0.05, 0.1) is 11.3 Å². The average molecular weight is 470 g/mol. The molecule has 0 saturated carbocycles. The van der Waals surface area contributed by atoms with Crippen LogP contribution in [0.15, 0.2) is 51.7 Å². The Labute approximate surface area is 194 Å². The third kappa shape index (κ3) is 4.88. The first-order valence-electron chi connectivity index (χ1n) is 10.7. The van der Waals surface area contributed by atoms with Crippen LogP contribution in [0.3, 0.4) is 0 Å². The van der Waals surface area contributed by atoms with Crippen molar-refractivity contribution in [3.05, 3.63) is 57.7 Å². The molecule has 168 valence electrons. The summed E-state index contributed by atoms with van der Waals surface area (Å²) in [7, 11) is 0. The Morgan fingerprint density at radius 3 is 2.69 bits per heavy atom. The Hall–Kier alpha value is -2.65. The second-order valence-corrected chi connectivity index (χ2v) is 10.2. The van der Waals surface area contributed by atoms with Crippen molar-refractivity contribution in [2.24, 2.45) is 5.92 Å². The van der Waals surface area contributed by atoms with Gasteiger partial charge in [-0.2, -0.15) is 0 Å². The van der Waals surface area contributed by atoms with Crippen LogP contribution in [0.1, 0.15) is 32.8 Å². The molecule has 7 nitrogen and oxygen atoms in total. The third-order valence-electron chi connectivity index (χ3n) is 5.18. The van der Waals surface area contributed by atoms with E-state index in [9.17, 15) is 9.59 Å². The number of fused-ring (bicyclic) bond motifs is 3. The number of carbonyl (C=O) groups excluding carboxylic acids is 1. The molecule has 3 heterocycles. The van der Waals surface area contributed by atoms with Crippen molar-refractivity contribution in [2.75, 3.05) is 5.75 Å². The lowest BCUT2D eigenvalue weighted by Crippen LogP contribution is -2.34. The SMILES string of the molecule is CC(C)Cn1c(=O)c2sccc2n2c(SCC(=O)NC(C)CCc3ccccc3)nnc12. The second kappa shape index (κ2) is 9.87. The van der Waals surface area contributed by atoms with Gasteiger partial charge in [0.2, 0.25) is 11.7 Å². The van der Waals surface area contributed by atoms with Crippen LogP contribution in [0.2, 0.25) is 0 Å². The molecule has 0 aliphatic carbocycles. The summed E-state index contributed by atoms with van der Waals surface area (Å²) in [5, 5.41) is 14.2. The molecule has 32 heavy (non-hydrogen) atoms. The molecule has 9 heteroatoms. The summed E-state index contributed by atoms with van der Waals surface area (Å²) in [4.78, 5) is 25.5. The van der Waals surface area contributed by atoms with Gasteiger partial charge in [0.1, 0.15) is 4.70 Å². The molecule has 0 fully saturated rings. The van der Waals surface area contributed by atoms with Gasteiger partial charge in [0.15, 0.2) is 5.16 Å². The highest BCUT2D eigenvalue weighted by Gasteiger charge is 2.19. The average Bonchev–Trinajstić information content (AvgIpc) is 3.41. The maximum atomic E-state index is 12.9. The minimum absolute atomic E-state index is 0.0369. The lowest BCUT2D eigenvalue weighted by Gasteiger charge is -2.14. The summed E-state index contributed by atoms with van der Waals surface area (Å²) in [6.07, 6.45) is 1.80. The van der Waals surface area contributed by atoms with Gasteiger partial charge in [-0.05, 0) is 42.7 Å². The van der Waals surface area contributed by atoms with Gasteiger partial charge in [-0.15, -0.1) is 21.5 Å². The number of nitrogens with zero attached hydrogens (tertiary/aromatic N) is 4. The summed E-state index contributed by atoms with van der Waals surface area (Å²) >= 11 is 2.76. The minimum atomic E-state index is -0.0376. The van der Waals surface area contributed by atoms with Crippen LogP contribution in [0, 0.1) is 5.92 Å². The van der Waals surface area contributed by atoms with E-state index in [1.54, 1.807) is 4.57 Å². The fraction of sp³-hybridized carbons (Fsp3) is 0.391. The lowest BCUT2D eigenvalue weighted by molar-refractivity contribution is -0.119. The van der Waals surface area contributed by atoms with Crippen LogP contribution in [0.25, 0.3) is 16.0 Å². The molecule has 0 saturated heterocycles. The van der Waals surface area contributed by atoms with Crippen LogP contribution < -0.4 is 10.9 Å². The molecule has 1 unspecified atom stereocenters. The van der Waals surface area contributed by atoms with Gasteiger partial charge in [0.25, 0.3) is 5.56 Å². The third-order valence-corrected chi connectivity index (χ3v) is 7.00. The number of thioether (sulfide) groups is 1. The largest absolute Gasteiger partial charge is 0.353 e. The first kappa shape index (κ1) is 22.5. The van der Waals surface area contributed by atoms with E-state index in [1.165, 1.54) is 28.7 Å². The zero-order valence-electron chi connectivity index (χ0n) is 18.4. The standard InChI is InChI=1S/C23H27N5O2S2/c1-15(2)13-27-21(30)20-18(11-12-31-20)28-22(27)25-26-23(28)32-14-19(29)24-16(3)9-10-17-7-5-4-6-8-17/h4-8,11-12,15-16H,9-10,13-14H2,1-3H3,(H,24,29). The van der Waals surface area contributed by atoms with Crippen molar-refractivity contribution in [3.8, 4) is 0 Å². The number of nitrogens with one attached hydrogen (secondary N) is 1. The van der Waals surface area contributed by atoms with Crippen molar-refractivity contribution in [2.45, 2.75) is 51.4 Å². The van der Waals surface area contributed by atoms with E-state index in [0.29, 0.717) is 28.1 Å². The van der Waals surface area contributed by atoms with Gasteiger partial charge in [-0.3, -0.25) is 18.6 Å². The zero-order chi connectivity index (χ0) is 22.7. The number of amides is 1. The van der Waals surface area contributed by atoms with Crippen LogP contribution in [0.5, 0.6) is 0 Å². The van der Waals surface area contributed by atoms with E-state index in [1.807, 2.05) is 41.0 Å². The van der Waals surface area contributed by atoms with Crippen LogP contribution in [-0.4, -0.2) is 36.9 Å². The topological polar surface area (TPSA) is 81.3 Å². The number of aromatic nitrogens is 4. The van der Waals surface area contributed by atoms with E-state index < -0.39 is 0 Å². The number of thiophene rings is 1. The fourth-order valence-corrected chi connectivity index (χ4v) is 5.25. The Kier molecular flexibility index (Phi) is 6.95. The molecule has 0 aliphatic heterocycles. The molecule has 1 atom stereocenters. The van der Waals surface area contributed by atoms with Crippen LogP contribution >= 0.6 is 23.1 Å². The zero-order valence-corrected chi connectivity index (χ0v) is 20.1. The smallest absolute Gasteiger partial charge is 0.272 e. The number of benzene rings is 1. The lowest BCUT2D eigenvalue weighted by atomic mass is 10.1. The maximum absolute atomic E-state index is 12.9. The Morgan fingerprint density at radius 1 is 1.16 bits per heavy atom. The highest BCUT2D eigenvalue weighted by atomic mass is 32.2. The van der Waals surface area contributed by atoms with Gasteiger partial charge < -0.3 is 5.32 Å². The highest BCUT2D eigenvalue weighted by molar-refractivity contribution is 7.99.